The summed E-state index contributed by atoms with van der Waals surface area (Å²) >= 11 is 0. The van der Waals surface area contributed by atoms with Crippen molar-refractivity contribution in [1.29, 1.82) is 0 Å². The molecule has 1 N–H and O–H groups in total. The first kappa shape index (κ1) is 13.2. The van der Waals surface area contributed by atoms with E-state index in [1.54, 1.807) is 0 Å². The van der Waals surface area contributed by atoms with Gasteiger partial charge in [0.2, 0.25) is 0 Å². The first-order valence-corrected chi connectivity index (χ1v) is 6.83. The number of benzene rings is 1. The Morgan fingerprint density at radius 1 is 1.17 bits per heavy atom. The molecule has 2 heteroatoms. The molecule has 0 aliphatic rings. The lowest BCUT2D eigenvalue weighted by atomic mass is 9.92. The maximum absolute atomic E-state index is 10.5. The minimum atomic E-state index is -0.418. The molecule has 98 valence electrons. The maximum Gasteiger partial charge on any atom is 0.134 e. The fourth-order valence-corrected chi connectivity index (χ4v) is 2.66. The van der Waals surface area contributed by atoms with Crippen LogP contribution in [0.15, 0.2) is 28.7 Å². The zero-order valence-electron chi connectivity index (χ0n) is 11.4. The fourth-order valence-electron chi connectivity index (χ4n) is 2.66. The SMILES string of the molecule is CCC(CC)CC(O)c1c(C)oc2ccccc12. The average Bonchev–Trinajstić information content (AvgIpc) is 2.71. The van der Waals surface area contributed by atoms with Crippen molar-refractivity contribution < 1.29 is 9.52 Å². The Morgan fingerprint density at radius 3 is 2.50 bits per heavy atom. The highest BCUT2D eigenvalue weighted by Gasteiger charge is 2.20. The van der Waals surface area contributed by atoms with Crippen LogP contribution in [0, 0.1) is 12.8 Å². The highest BCUT2D eigenvalue weighted by atomic mass is 16.3. The molecule has 0 saturated heterocycles. The summed E-state index contributed by atoms with van der Waals surface area (Å²) in [5.74, 6) is 1.42. The Bertz CT molecular complexity index is 509. The predicted octanol–water partition coefficient (Wildman–Crippen LogP) is 4.60. The van der Waals surface area contributed by atoms with E-state index in [0.717, 1.165) is 41.6 Å². The summed E-state index contributed by atoms with van der Waals surface area (Å²) in [6, 6.07) is 7.93. The van der Waals surface area contributed by atoms with Crippen LogP contribution in [0.3, 0.4) is 0 Å². The molecule has 0 aliphatic heterocycles. The van der Waals surface area contributed by atoms with E-state index in [0.29, 0.717) is 5.92 Å². The predicted molar refractivity (Wildman–Crippen MR) is 74.6 cm³/mol. The first-order chi connectivity index (χ1) is 8.67. The fraction of sp³-hybridized carbons (Fsp3) is 0.500. The molecule has 0 aliphatic carbocycles. The lowest BCUT2D eigenvalue weighted by Gasteiger charge is -2.17. The van der Waals surface area contributed by atoms with Crippen molar-refractivity contribution in [2.75, 3.05) is 0 Å². The van der Waals surface area contributed by atoms with Crippen molar-refractivity contribution in [1.82, 2.24) is 0 Å². The monoisotopic (exact) mass is 246 g/mol. The molecule has 0 fully saturated rings. The minimum absolute atomic E-state index is 0.418. The van der Waals surface area contributed by atoms with Crippen molar-refractivity contribution in [3.63, 3.8) is 0 Å². The topological polar surface area (TPSA) is 33.4 Å². The van der Waals surface area contributed by atoms with E-state index in [1.807, 2.05) is 31.2 Å². The van der Waals surface area contributed by atoms with E-state index in [-0.39, 0.29) is 0 Å². The number of rotatable bonds is 5. The lowest BCUT2D eigenvalue weighted by molar-refractivity contribution is 0.140. The Labute approximate surface area is 109 Å². The van der Waals surface area contributed by atoms with Gasteiger partial charge in [0.05, 0.1) is 6.10 Å². The van der Waals surface area contributed by atoms with Gasteiger partial charge in [-0.25, -0.2) is 0 Å². The Hall–Kier alpha value is -1.28. The van der Waals surface area contributed by atoms with Crippen LogP contribution < -0.4 is 0 Å². The summed E-state index contributed by atoms with van der Waals surface area (Å²) in [5, 5.41) is 11.5. The number of hydrogen-bond acceptors (Lipinski definition) is 2. The third kappa shape index (κ3) is 2.44. The molecular formula is C16H22O2. The van der Waals surface area contributed by atoms with Crippen LogP contribution in [0.4, 0.5) is 0 Å². The summed E-state index contributed by atoms with van der Waals surface area (Å²) in [7, 11) is 0. The molecule has 1 unspecified atom stereocenters. The molecule has 0 radical (unpaired) electrons. The van der Waals surface area contributed by atoms with Crippen molar-refractivity contribution in [3.8, 4) is 0 Å². The summed E-state index contributed by atoms with van der Waals surface area (Å²) in [4.78, 5) is 0. The normalized spacial score (nSPS) is 13.4. The van der Waals surface area contributed by atoms with E-state index >= 15 is 0 Å². The number of para-hydroxylation sites is 1. The van der Waals surface area contributed by atoms with Crippen LogP contribution in [0.1, 0.15) is 50.5 Å². The van der Waals surface area contributed by atoms with Gasteiger partial charge >= 0.3 is 0 Å². The van der Waals surface area contributed by atoms with Gasteiger partial charge in [-0.2, -0.15) is 0 Å². The second kappa shape index (κ2) is 5.57. The second-order valence-electron chi connectivity index (χ2n) is 5.00. The molecule has 0 bridgehead atoms. The molecule has 1 aromatic heterocycles. The number of furan rings is 1. The third-order valence-electron chi connectivity index (χ3n) is 3.86. The second-order valence-corrected chi connectivity index (χ2v) is 5.00. The van der Waals surface area contributed by atoms with Gasteiger partial charge < -0.3 is 9.52 Å². The van der Waals surface area contributed by atoms with E-state index in [2.05, 4.69) is 13.8 Å². The first-order valence-electron chi connectivity index (χ1n) is 6.83. The molecule has 1 aromatic carbocycles. The van der Waals surface area contributed by atoms with Crippen LogP contribution in [-0.2, 0) is 0 Å². The average molecular weight is 246 g/mol. The van der Waals surface area contributed by atoms with Gasteiger partial charge in [0.25, 0.3) is 0 Å². The zero-order valence-corrected chi connectivity index (χ0v) is 11.4. The molecule has 0 spiro atoms. The van der Waals surface area contributed by atoms with E-state index in [1.165, 1.54) is 0 Å². The number of hydrogen-bond donors (Lipinski definition) is 1. The summed E-state index contributed by atoms with van der Waals surface area (Å²) in [6.45, 7) is 6.30. The molecule has 2 aromatic rings. The molecule has 1 atom stereocenters. The zero-order chi connectivity index (χ0) is 13.1. The summed E-state index contributed by atoms with van der Waals surface area (Å²) in [6.07, 6.45) is 2.63. The van der Waals surface area contributed by atoms with Crippen molar-refractivity contribution in [2.45, 2.75) is 46.1 Å². The van der Waals surface area contributed by atoms with Crippen molar-refractivity contribution >= 4 is 11.0 Å². The molecule has 0 amide bonds. The molecule has 2 nitrogen and oxygen atoms in total. The van der Waals surface area contributed by atoms with Gasteiger partial charge in [0, 0.05) is 10.9 Å². The Kier molecular flexibility index (Phi) is 4.07. The lowest BCUT2D eigenvalue weighted by Crippen LogP contribution is -2.06. The molecule has 18 heavy (non-hydrogen) atoms. The van der Waals surface area contributed by atoms with Gasteiger partial charge in [-0.3, -0.25) is 0 Å². The highest BCUT2D eigenvalue weighted by molar-refractivity contribution is 5.82. The Balaban J connectivity index is 2.32. The van der Waals surface area contributed by atoms with Crippen LogP contribution in [-0.4, -0.2) is 5.11 Å². The van der Waals surface area contributed by atoms with Gasteiger partial charge in [-0.1, -0.05) is 44.9 Å². The number of aliphatic hydroxyl groups excluding tert-OH is 1. The van der Waals surface area contributed by atoms with E-state index in [4.69, 9.17) is 4.42 Å². The Morgan fingerprint density at radius 2 is 1.83 bits per heavy atom. The van der Waals surface area contributed by atoms with Crippen LogP contribution in [0.5, 0.6) is 0 Å². The molecule has 0 saturated carbocycles. The molecule has 1 heterocycles. The summed E-state index contributed by atoms with van der Waals surface area (Å²) in [5.41, 5.74) is 1.84. The van der Waals surface area contributed by atoms with Crippen LogP contribution >= 0.6 is 0 Å². The third-order valence-corrected chi connectivity index (χ3v) is 3.86. The van der Waals surface area contributed by atoms with Crippen molar-refractivity contribution in [2.24, 2.45) is 5.92 Å². The number of aliphatic hydroxyl groups is 1. The molecule has 2 rings (SSSR count). The van der Waals surface area contributed by atoms with Crippen LogP contribution in [0.2, 0.25) is 0 Å². The van der Waals surface area contributed by atoms with Gasteiger partial charge in [0.15, 0.2) is 0 Å². The minimum Gasteiger partial charge on any atom is -0.461 e. The van der Waals surface area contributed by atoms with Gasteiger partial charge in [-0.05, 0) is 25.3 Å². The van der Waals surface area contributed by atoms with Crippen LogP contribution in [0.25, 0.3) is 11.0 Å². The summed E-state index contributed by atoms with van der Waals surface area (Å²) < 4.78 is 5.71. The smallest absolute Gasteiger partial charge is 0.134 e. The quantitative estimate of drug-likeness (QED) is 0.836. The number of aryl methyl sites for hydroxylation is 1. The highest BCUT2D eigenvalue weighted by Crippen LogP contribution is 2.34. The van der Waals surface area contributed by atoms with E-state index in [9.17, 15) is 5.11 Å². The van der Waals surface area contributed by atoms with E-state index < -0.39 is 6.10 Å². The molecular weight excluding hydrogens is 224 g/mol. The van der Waals surface area contributed by atoms with Gasteiger partial charge in [-0.15, -0.1) is 0 Å². The number of fused-ring (bicyclic) bond motifs is 1. The van der Waals surface area contributed by atoms with Gasteiger partial charge in [0.1, 0.15) is 11.3 Å². The standard InChI is InChI=1S/C16H22O2/c1-4-12(5-2)10-14(17)16-11(3)18-15-9-7-6-8-13(15)16/h6-9,12,14,17H,4-5,10H2,1-3H3. The van der Waals surface area contributed by atoms with Crippen molar-refractivity contribution in [3.05, 3.63) is 35.6 Å². The maximum atomic E-state index is 10.5. The largest absolute Gasteiger partial charge is 0.461 e.